The van der Waals surface area contributed by atoms with Gasteiger partial charge in [0.2, 0.25) is 0 Å². The second kappa shape index (κ2) is 9.74. The minimum Gasteiger partial charge on any atom is -0.497 e. The number of methoxy groups -OCH3 is 1. The van der Waals surface area contributed by atoms with Crippen LogP contribution in [0.1, 0.15) is 24.2 Å². The maximum absolute atomic E-state index is 12.7. The van der Waals surface area contributed by atoms with E-state index in [2.05, 4.69) is 5.32 Å². The van der Waals surface area contributed by atoms with Gasteiger partial charge in [-0.05, 0) is 49.7 Å². The van der Waals surface area contributed by atoms with Crippen LogP contribution in [-0.4, -0.2) is 29.8 Å². The van der Waals surface area contributed by atoms with Gasteiger partial charge in [-0.2, -0.15) is 0 Å². The molecule has 3 aromatic carbocycles. The number of hydrogen-bond donors (Lipinski definition) is 1. The van der Waals surface area contributed by atoms with E-state index < -0.39 is 16.9 Å². The lowest BCUT2D eigenvalue weighted by molar-refractivity contribution is -0.384. The van der Waals surface area contributed by atoms with Gasteiger partial charge in [0.15, 0.2) is 11.9 Å². The molecule has 8 nitrogen and oxygen atoms in total. The summed E-state index contributed by atoms with van der Waals surface area (Å²) in [6.07, 6.45) is -0.908. The minimum atomic E-state index is -0.908. The SMILES string of the molecule is COc1ccc(-c2cc([N+](=O)[O-])ccc2OC(C)C(=O)Nc2cccc(C(C)=O)c2)cc1. The monoisotopic (exact) mass is 434 g/mol. The molecule has 1 unspecified atom stereocenters. The molecule has 8 heteroatoms. The van der Waals surface area contributed by atoms with Gasteiger partial charge < -0.3 is 14.8 Å². The normalized spacial score (nSPS) is 11.3. The summed E-state index contributed by atoms with van der Waals surface area (Å²) < 4.78 is 11.0. The van der Waals surface area contributed by atoms with E-state index in [1.165, 1.54) is 25.1 Å². The van der Waals surface area contributed by atoms with E-state index in [0.29, 0.717) is 33.9 Å². The average molecular weight is 434 g/mol. The molecule has 0 aliphatic heterocycles. The van der Waals surface area contributed by atoms with Gasteiger partial charge in [0.1, 0.15) is 11.5 Å². The molecule has 0 spiro atoms. The quantitative estimate of drug-likeness (QED) is 0.308. The standard InChI is InChI=1S/C24H22N2O6/c1-15(27)18-5-4-6-19(13-18)25-24(28)16(2)32-23-12-9-20(26(29)30)14-22(23)17-7-10-21(31-3)11-8-17/h4-14,16H,1-3H3,(H,25,28). The highest BCUT2D eigenvalue weighted by Gasteiger charge is 2.20. The highest BCUT2D eigenvalue weighted by Crippen LogP contribution is 2.35. The van der Waals surface area contributed by atoms with Gasteiger partial charge in [0, 0.05) is 28.9 Å². The molecule has 1 amide bonds. The Hall–Kier alpha value is -4.20. The van der Waals surface area contributed by atoms with E-state index in [9.17, 15) is 19.7 Å². The van der Waals surface area contributed by atoms with Crippen LogP contribution in [0, 0.1) is 10.1 Å². The first-order valence-electron chi connectivity index (χ1n) is 9.80. The number of Topliss-reactive ketones (excluding diaryl/α,β-unsaturated/α-hetero) is 1. The van der Waals surface area contributed by atoms with E-state index in [0.717, 1.165) is 0 Å². The number of carbonyl (C=O) groups is 2. The Morgan fingerprint density at radius 1 is 1.03 bits per heavy atom. The van der Waals surface area contributed by atoms with Crippen molar-refractivity contribution < 1.29 is 24.0 Å². The summed E-state index contributed by atoms with van der Waals surface area (Å²) in [6.45, 7) is 3.02. The third kappa shape index (κ3) is 5.28. The first-order chi connectivity index (χ1) is 15.3. The Morgan fingerprint density at radius 3 is 2.38 bits per heavy atom. The number of amides is 1. The van der Waals surface area contributed by atoms with Crippen LogP contribution in [0.25, 0.3) is 11.1 Å². The smallest absolute Gasteiger partial charge is 0.270 e. The molecular formula is C24H22N2O6. The zero-order valence-corrected chi connectivity index (χ0v) is 17.8. The highest BCUT2D eigenvalue weighted by molar-refractivity contribution is 5.98. The van der Waals surface area contributed by atoms with E-state index in [1.54, 1.807) is 62.6 Å². The molecule has 32 heavy (non-hydrogen) atoms. The number of anilines is 1. The van der Waals surface area contributed by atoms with Gasteiger partial charge in [-0.25, -0.2) is 0 Å². The number of rotatable bonds is 8. The molecule has 0 aliphatic carbocycles. The predicted molar refractivity (Wildman–Crippen MR) is 120 cm³/mol. The first kappa shape index (κ1) is 22.5. The van der Waals surface area contributed by atoms with E-state index in [1.807, 2.05) is 0 Å². The van der Waals surface area contributed by atoms with Crippen LogP contribution in [0.4, 0.5) is 11.4 Å². The van der Waals surface area contributed by atoms with Gasteiger partial charge in [-0.15, -0.1) is 0 Å². The predicted octanol–water partition coefficient (Wildman–Crippen LogP) is 4.88. The Morgan fingerprint density at radius 2 is 1.75 bits per heavy atom. The fourth-order valence-corrected chi connectivity index (χ4v) is 3.03. The van der Waals surface area contributed by atoms with E-state index in [4.69, 9.17) is 9.47 Å². The van der Waals surface area contributed by atoms with Crippen LogP contribution in [0.3, 0.4) is 0 Å². The summed E-state index contributed by atoms with van der Waals surface area (Å²) in [5.74, 6) is 0.424. The number of carbonyl (C=O) groups excluding carboxylic acids is 2. The molecular weight excluding hydrogens is 412 g/mol. The number of nitro groups is 1. The van der Waals surface area contributed by atoms with Gasteiger partial charge in [-0.1, -0.05) is 24.3 Å². The zero-order valence-electron chi connectivity index (χ0n) is 17.8. The second-order valence-corrected chi connectivity index (χ2v) is 7.05. The Balaban J connectivity index is 1.85. The number of ketones is 1. The van der Waals surface area contributed by atoms with Gasteiger partial charge in [0.25, 0.3) is 11.6 Å². The topological polar surface area (TPSA) is 108 Å². The molecule has 0 fully saturated rings. The van der Waals surface area contributed by atoms with Crippen molar-refractivity contribution >= 4 is 23.1 Å². The summed E-state index contributed by atoms with van der Waals surface area (Å²) in [7, 11) is 1.54. The molecule has 164 valence electrons. The molecule has 0 saturated heterocycles. The van der Waals surface area contributed by atoms with Gasteiger partial charge in [-0.3, -0.25) is 19.7 Å². The molecule has 0 bridgehead atoms. The number of nitrogens with zero attached hydrogens (tertiary/aromatic N) is 1. The molecule has 0 heterocycles. The first-order valence-corrected chi connectivity index (χ1v) is 9.80. The summed E-state index contributed by atoms with van der Waals surface area (Å²) >= 11 is 0. The van der Waals surface area contributed by atoms with Crippen molar-refractivity contribution in [2.24, 2.45) is 0 Å². The summed E-state index contributed by atoms with van der Waals surface area (Å²) in [6, 6.07) is 17.8. The largest absolute Gasteiger partial charge is 0.497 e. The average Bonchev–Trinajstić information content (AvgIpc) is 2.79. The second-order valence-electron chi connectivity index (χ2n) is 7.05. The maximum Gasteiger partial charge on any atom is 0.270 e. The molecule has 0 aromatic heterocycles. The van der Waals surface area contributed by atoms with Crippen LogP contribution < -0.4 is 14.8 Å². The number of non-ortho nitro benzene ring substituents is 1. The summed E-state index contributed by atoms with van der Waals surface area (Å²) in [5.41, 5.74) is 2.00. The van der Waals surface area contributed by atoms with Crippen molar-refractivity contribution in [1.29, 1.82) is 0 Å². The fourth-order valence-electron chi connectivity index (χ4n) is 3.03. The summed E-state index contributed by atoms with van der Waals surface area (Å²) in [4.78, 5) is 35.0. The Kier molecular flexibility index (Phi) is 6.84. The van der Waals surface area contributed by atoms with Crippen molar-refractivity contribution in [1.82, 2.24) is 0 Å². The van der Waals surface area contributed by atoms with Crippen LogP contribution in [0.2, 0.25) is 0 Å². The number of hydrogen-bond acceptors (Lipinski definition) is 6. The Bertz CT molecular complexity index is 1160. The van der Waals surface area contributed by atoms with Gasteiger partial charge in [0.05, 0.1) is 12.0 Å². The molecule has 0 saturated carbocycles. The summed E-state index contributed by atoms with van der Waals surface area (Å²) in [5, 5.41) is 14.0. The molecule has 3 rings (SSSR count). The van der Waals surface area contributed by atoms with Crippen molar-refractivity contribution in [3.8, 4) is 22.6 Å². The Labute approximate surface area is 184 Å². The van der Waals surface area contributed by atoms with Crippen LogP contribution in [-0.2, 0) is 4.79 Å². The zero-order chi connectivity index (χ0) is 23.3. The number of ether oxygens (including phenoxy) is 2. The molecule has 3 aromatic rings. The minimum absolute atomic E-state index is 0.0960. The number of benzene rings is 3. The fraction of sp³-hybridized carbons (Fsp3) is 0.167. The third-order valence-corrected chi connectivity index (χ3v) is 4.78. The van der Waals surface area contributed by atoms with Crippen molar-refractivity contribution in [2.75, 3.05) is 12.4 Å². The van der Waals surface area contributed by atoms with E-state index in [-0.39, 0.29) is 11.5 Å². The third-order valence-electron chi connectivity index (χ3n) is 4.78. The van der Waals surface area contributed by atoms with Crippen molar-refractivity contribution in [2.45, 2.75) is 20.0 Å². The number of nitrogens with one attached hydrogen (secondary N) is 1. The molecule has 0 radical (unpaired) electrons. The lowest BCUT2D eigenvalue weighted by Crippen LogP contribution is -2.30. The molecule has 1 atom stereocenters. The molecule has 0 aliphatic rings. The van der Waals surface area contributed by atoms with Crippen LogP contribution in [0.15, 0.2) is 66.7 Å². The maximum atomic E-state index is 12.7. The van der Waals surface area contributed by atoms with Crippen molar-refractivity contribution in [3.05, 3.63) is 82.4 Å². The van der Waals surface area contributed by atoms with Crippen molar-refractivity contribution in [3.63, 3.8) is 0 Å². The highest BCUT2D eigenvalue weighted by atomic mass is 16.6. The van der Waals surface area contributed by atoms with Crippen LogP contribution >= 0.6 is 0 Å². The number of nitro benzene ring substituents is 1. The lowest BCUT2D eigenvalue weighted by Gasteiger charge is -2.18. The van der Waals surface area contributed by atoms with Crippen LogP contribution in [0.5, 0.6) is 11.5 Å². The van der Waals surface area contributed by atoms with Gasteiger partial charge >= 0.3 is 0 Å². The molecule has 1 N–H and O–H groups in total. The lowest BCUT2D eigenvalue weighted by atomic mass is 10.0. The van der Waals surface area contributed by atoms with E-state index >= 15 is 0 Å².